The zero-order valence-electron chi connectivity index (χ0n) is 9.54. The normalized spacial score (nSPS) is 17.4. The van der Waals surface area contributed by atoms with E-state index in [0.717, 1.165) is 24.8 Å². The van der Waals surface area contributed by atoms with Gasteiger partial charge in [0.1, 0.15) is 0 Å². The van der Waals surface area contributed by atoms with E-state index in [1.165, 1.54) is 12.8 Å². The van der Waals surface area contributed by atoms with Crippen LogP contribution in [0.15, 0.2) is 18.3 Å². The first-order valence-electron chi connectivity index (χ1n) is 5.81. The van der Waals surface area contributed by atoms with Crippen molar-refractivity contribution < 1.29 is 0 Å². The van der Waals surface area contributed by atoms with Crippen LogP contribution >= 0.6 is 11.6 Å². The van der Waals surface area contributed by atoms with Crippen LogP contribution < -0.4 is 10.6 Å². The lowest BCUT2D eigenvalue weighted by molar-refractivity contribution is 0.496. The average Bonchev–Trinajstić information content (AvgIpc) is 3.09. The maximum absolute atomic E-state index is 5.77. The topological polar surface area (TPSA) is 37.0 Å². The first-order chi connectivity index (χ1) is 7.74. The second-order valence-corrected chi connectivity index (χ2v) is 4.87. The van der Waals surface area contributed by atoms with Gasteiger partial charge in [-0.05, 0) is 31.9 Å². The SMILES string of the molecule is CC(CNC1CC1)NCc1ccc(Cl)cn1. The van der Waals surface area contributed by atoms with Crippen molar-refractivity contribution in [3.05, 3.63) is 29.0 Å². The van der Waals surface area contributed by atoms with Crippen molar-refractivity contribution in [1.82, 2.24) is 15.6 Å². The zero-order chi connectivity index (χ0) is 11.4. The van der Waals surface area contributed by atoms with Crippen molar-refractivity contribution in [1.29, 1.82) is 0 Å². The van der Waals surface area contributed by atoms with Gasteiger partial charge in [0.2, 0.25) is 0 Å². The quantitative estimate of drug-likeness (QED) is 0.797. The van der Waals surface area contributed by atoms with E-state index in [4.69, 9.17) is 11.6 Å². The summed E-state index contributed by atoms with van der Waals surface area (Å²) in [6.07, 6.45) is 4.36. The first kappa shape index (κ1) is 11.8. The maximum atomic E-state index is 5.77. The standard InChI is InChI=1S/C12H18ClN3/c1-9(6-15-11-4-5-11)14-8-12-3-2-10(13)7-16-12/h2-3,7,9,11,14-15H,4-6,8H2,1H3. The van der Waals surface area contributed by atoms with Crippen molar-refractivity contribution in [2.75, 3.05) is 6.54 Å². The molecule has 1 aliphatic rings. The minimum Gasteiger partial charge on any atom is -0.312 e. The Balaban J connectivity index is 1.67. The van der Waals surface area contributed by atoms with Crippen molar-refractivity contribution in [3.8, 4) is 0 Å². The van der Waals surface area contributed by atoms with Crippen molar-refractivity contribution >= 4 is 11.6 Å². The number of rotatable bonds is 6. The molecule has 2 N–H and O–H groups in total. The Morgan fingerprint density at radius 1 is 1.50 bits per heavy atom. The van der Waals surface area contributed by atoms with Crippen LogP contribution in [0, 0.1) is 0 Å². The van der Waals surface area contributed by atoms with E-state index >= 15 is 0 Å². The monoisotopic (exact) mass is 239 g/mol. The maximum Gasteiger partial charge on any atom is 0.0589 e. The summed E-state index contributed by atoms with van der Waals surface area (Å²) in [5, 5.41) is 7.62. The van der Waals surface area contributed by atoms with Gasteiger partial charge in [0.05, 0.1) is 10.7 Å². The third-order valence-corrected chi connectivity index (χ3v) is 2.93. The second kappa shape index (κ2) is 5.62. The Bertz CT molecular complexity index is 322. The highest BCUT2D eigenvalue weighted by molar-refractivity contribution is 6.30. The van der Waals surface area contributed by atoms with Crippen LogP contribution in [0.25, 0.3) is 0 Å². The lowest BCUT2D eigenvalue weighted by Gasteiger charge is -2.14. The number of pyridine rings is 1. The molecule has 3 nitrogen and oxygen atoms in total. The van der Waals surface area contributed by atoms with E-state index in [9.17, 15) is 0 Å². The number of hydrogen-bond donors (Lipinski definition) is 2. The fraction of sp³-hybridized carbons (Fsp3) is 0.583. The number of nitrogens with zero attached hydrogens (tertiary/aromatic N) is 1. The molecule has 1 aromatic heterocycles. The second-order valence-electron chi connectivity index (χ2n) is 4.43. The predicted octanol–water partition coefficient (Wildman–Crippen LogP) is 1.97. The summed E-state index contributed by atoms with van der Waals surface area (Å²) < 4.78 is 0. The largest absolute Gasteiger partial charge is 0.312 e. The van der Waals surface area contributed by atoms with E-state index < -0.39 is 0 Å². The van der Waals surface area contributed by atoms with Crippen molar-refractivity contribution in [3.63, 3.8) is 0 Å². The molecule has 1 heterocycles. The van der Waals surface area contributed by atoms with Gasteiger partial charge in [-0.3, -0.25) is 4.98 Å². The molecule has 1 atom stereocenters. The van der Waals surface area contributed by atoms with Gasteiger partial charge in [0, 0.05) is 31.4 Å². The molecule has 4 heteroatoms. The van der Waals surface area contributed by atoms with Crippen LogP contribution in [0.4, 0.5) is 0 Å². The minimum absolute atomic E-state index is 0.470. The summed E-state index contributed by atoms with van der Waals surface area (Å²) in [7, 11) is 0. The van der Waals surface area contributed by atoms with E-state index in [1.807, 2.05) is 12.1 Å². The number of aromatic nitrogens is 1. The number of nitrogens with one attached hydrogen (secondary N) is 2. The summed E-state index contributed by atoms with van der Waals surface area (Å²) in [4.78, 5) is 4.24. The molecule has 0 bridgehead atoms. The smallest absolute Gasteiger partial charge is 0.0589 e. The van der Waals surface area contributed by atoms with Gasteiger partial charge < -0.3 is 10.6 Å². The summed E-state index contributed by atoms with van der Waals surface area (Å²) in [6.45, 7) is 4.01. The van der Waals surface area contributed by atoms with Gasteiger partial charge in [-0.1, -0.05) is 11.6 Å². The Morgan fingerprint density at radius 3 is 2.94 bits per heavy atom. The van der Waals surface area contributed by atoms with Gasteiger partial charge in [-0.15, -0.1) is 0 Å². The molecule has 1 aliphatic carbocycles. The van der Waals surface area contributed by atoms with Crippen LogP contribution in [-0.2, 0) is 6.54 Å². The lowest BCUT2D eigenvalue weighted by Crippen LogP contribution is -2.36. The van der Waals surface area contributed by atoms with Crippen LogP contribution in [0.1, 0.15) is 25.5 Å². The summed E-state index contributed by atoms with van der Waals surface area (Å²) >= 11 is 5.77. The molecule has 88 valence electrons. The Morgan fingerprint density at radius 2 is 2.31 bits per heavy atom. The summed E-state index contributed by atoms with van der Waals surface area (Å²) in [5.74, 6) is 0. The van der Waals surface area contributed by atoms with Gasteiger partial charge in [-0.25, -0.2) is 0 Å². The molecule has 1 unspecified atom stereocenters. The molecule has 1 aromatic rings. The van der Waals surface area contributed by atoms with Gasteiger partial charge in [0.15, 0.2) is 0 Å². The summed E-state index contributed by atoms with van der Waals surface area (Å²) in [6, 6.07) is 5.07. The minimum atomic E-state index is 0.470. The third kappa shape index (κ3) is 4.08. The molecular formula is C12H18ClN3. The Labute approximate surface area is 102 Å². The molecule has 1 fully saturated rings. The molecule has 0 aromatic carbocycles. The fourth-order valence-electron chi connectivity index (χ4n) is 1.49. The molecule has 0 radical (unpaired) electrons. The highest BCUT2D eigenvalue weighted by Crippen LogP contribution is 2.18. The molecule has 2 rings (SSSR count). The molecule has 0 amide bonds. The lowest BCUT2D eigenvalue weighted by atomic mass is 10.3. The van der Waals surface area contributed by atoms with Gasteiger partial charge in [-0.2, -0.15) is 0 Å². The van der Waals surface area contributed by atoms with Crippen molar-refractivity contribution in [2.45, 2.75) is 38.4 Å². The van der Waals surface area contributed by atoms with Crippen LogP contribution in [-0.4, -0.2) is 23.6 Å². The van der Waals surface area contributed by atoms with E-state index in [-0.39, 0.29) is 0 Å². The van der Waals surface area contributed by atoms with E-state index in [0.29, 0.717) is 11.1 Å². The molecule has 0 saturated heterocycles. The van der Waals surface area contributed by atoms with Crippen LogP contribution in [0.5, 0.6) is 0 Å². The highest BCUT2D eigenvalue weighted by atomic mass is 35.5. The number of halogens is 1. The predicted molar refractivity (Wildman–Crippen MR) is 66.6 cm³/mol. The third-order valence-electron chi connectivity index (χ3n) is 2.71. The zero-order valence-corrected chi connectivity index (χ0v) is 10.3. The Kier molecular flexibility index (Phi) is 4.16. The van der Waals surface area contributed by atoms with E-state index in [2.05, 4.69) is 22.5 Å². The van der Waals surface area contributed by atoms with E-state index in [1.54, 1.807) is 6.20 Å². The summed E-state index contributed by atoms with van der Waals surface area (Å²) in [5.41, 5.74) is 1.03. The molecule has 1 saturated carbocycles. The average molecular weight is 240 g/mol. The molecule has 0 spiro atoms. The molecule has 0 aliphatic heterocycles. The molecular weight excluding hydrogens is 222 g/mol. The van der Waals surface area contributed by atoms with Crippen LogP contribution in [0.3, 0.4) is 0 Å². The van der Waals surface area contributed by atoms with Gasteiger partial charge in [0.25, 0.3) is 0 Å². The fourth-order valence-corrected chi connectivity index (χ4v) is 1.60. The van der Waals surface area contributed by atoms with Gasteiger partial charge >= 0.3 is 0 Å². The molecule has 16 heavy (non-hydrogen) atoms. The highest BCUT2D eigenvalue weighted by Gasteiger charge is 2.20. The first-order valence-corrected chi connectivity index (χ1v) is 6.19. The Hall–Kier alpha value is -0.640. The number of hydrogen-bond acceptors (Lipinski definition) is 3. The van der Waals surface area contributed by atoms with Crippen molar-refractivity contribution in [2.24, 2.45) is 0 Å². The van der Waals surface area contributed by atoms with Crippen LogP contribution in [0.2, 0.25) is 5.02 Å².